The zero-order valence-corrected chi connectivity index (χ0v) is 16.4. The van der Waals surface area contributed by atoms with Gasteiger partial charge in [-0.1, -0.05) is 23.7 Å². The minimum absolute atomic E-state index is 0.0655. The topological polar surface area (TPSA) is 67.9 Å². The van der Waals surface area contributed by atoms with Crippen LogP contribution >= 0.6 is 11.6 Å². The Labute approximate surface area is 172 Å². The molecule has 0 aromatic heterocycles. The predicted molar refractivity (Wildman–Crippen MR) is 106 cm³/mol. The lowest BCUT2D eigenvalue weighted by molar-refractivity contribution is -0.126. The van der Waals surface area contributed by atoms with Gasteiger partial charge in [0, 0.05) is 19.5 Å². The minimum atomic E-state index is -0.508. The number of nitrogens with one attached hydrogen (secondary N) is 1. The zero-order valence-electron chi connectivity index (χ0n) is 15.6. The summed E-state index contributed by atoms with van der Waals surface area (Å²) >= 11 is 6.23. The van der Waals surface area contributed by atoms with Gasteiger partial charge >= 0.3 is 0 Å². The smallest absolute Gasteiger partial charge is 0.227 e. The number of carbonyl (C=O) groups is 2. The average Bonchev–Trinajstić information content (AvgIpc) is 3.10. The van der Waals surface area contributed by atoms with Crippen LogP contribution in [0.5, 0.6) is 11.5 Å². The Morgan fingerprint density at radius 1 is 1.24 bits per heavy atom. The number of hydrogen-bond acceptors (Lipinski definition) is 4. The fourth-order valence-electron chi connectivity index (χ4n) is 3.57. The van der Waals surface area contributed by atoms with Gasteiger partial charge in [-0.3, -0.25) is 9.59 Å². The van der Waals surface area contributed by atoms with E-state index < -0.39 is 11.7 Å². The van der Waals surface area contributed by atoms with Crippen molar-refractivity contribution in [3.63, 3.8) is 0 Å². The Kier molecular flexibility index (Phi) is 5.58. The molecule has 0 aliphatic carbocycles. The molecule has 0 saturated carbocycles. The van der Waals surface area contributed by atoms with Crippen LogP contribution in [0.3, 0.4) is 0 Å². The van der Waals surface area contributed by atoms with Crippen LogP contribution in [0, 0.1) is 11.7 Å². The second-order valence-corrected chi connectivity index (χ2v) is 7.41. The van der Waals surface area contributed by atoms with Gasteiger partial charge in [-0.05, 0) is 36.2 Å². The van der Waals surface area contributed by atoms with Crippen molar-refractivity contribution in [3.8, 4) is 11.5 Å². The molecule has 1 N–H and O–H groups in total. The molecule has 0 bridgehead atoms. The third kappa shape index (κ3) is 4.15. The number of rotatable bonds is 5. The Bertz CT molecular complexity index is 952. The fourth-order valence-corrected chi connectivity index (χ4v) is 3.86. The van der Waals surface area contributed by atoms with Crippen molar-refractivity contribution >= 4 is 29.1 Å². The highest BCUT2D eigenvalue weighted by Gasteiger charge is 2.35. The van der Waals surface area contributed by atoms with Gasteiger partial charge < -0.3 is 19.7 Å². The first-order valence-electron chi connectivity index (χ1n) is 9.43. The molecule has 8 heteroatoms. The number of benzene rings is 2. The van der Waals surface area contributed by atoms with Crippen LogP contribution in [0.25, 0.3) is 0 Å². The van der Waals surface area contributed by atoms with Crippen molar-refractivity contribution in [2.24, 2.45) is 5.92 Å². The molecule has 0 spiro atoms. The molecule has 0 radical (unpaired) electrons. The van der Waals surface area contributed by atoms with E-state index >= 15 is 0 Å². The number of nitrogens with zero attached hydrogens (tertiary/aromatic N) is 1. The van der Waals surface area contributed by atoms with Crippen molar-refractivity contribution in [1.82, 2.24) is 5.32 Å². The summed E-state index contributed by atoms with van der Waals surface area (Å²) in [5, 5.41) is 3.33. The van der Waals surface area contributed by atoms with Crippen molar-refractivity contribution < 1.29 is 23.5 Å². The molecule has 29 heavy (non-hydrogen) atoms. The zero-order chi connectivity index (χ0) is 20.4. The van der Waals surface area contributed by atoms with E-state index in [1.807, 2.05) is 6.07 Å². The molecule has 1 atom stereocenters. The second-order valence-electron chi connectivity index (χ2n) is 7.00. The highest BCUT2D eigenvalue weighted by molar-refractivity contribution is 6.32. The maximum Gasteiger partial charge on any atom is 0.227 e. The summed E-state index contributed by atoms with van der Waals surface area (Å²) in [5.41, 5.74) is 1.12. The molecule has 6 nitrogen and oxygen atoms in total. The van der Waals surface area contributed by atoms with E-state index in [4.69, 9.17) is 21.1 Å². The van der Waals surface area contributed by atoms with Gasteiger partial charge in [0.25, 0.3) is 0 Å². The molecule has 2 amide bonds. The van der Waals surface area contributed by atoms with E-state index in [2.05, 4.69) is 5.32 Å². The SMILES string of the molecule is O=C(NCCc1cc(Cl)c2c(c1)OCCO2)[C@@H]1CC(=O)N(c2ccccc2F)C1. The summed E-state index contributed by atoms with van der Waals surface area (Å²) in [4.78, 5) is 26.1. The summed E-state index contributed by atoms with van der Waals surface area (Å²) in [6.07, 6.45) is 0.621. The summed E-state index contributed by atoms with van der Waals surface area (Å²) in [6, 6.07) is 9.71. The van der Waals surface area contributed by atoms with Gasteiger partial charge in [-0.25, -0.2) is 4.39 Å². The first-order chi connectivity index (χ1) is 14.0. The van der Waals surface area contributed by atoms with Gasteiger partial charge in [-0.15, -0.1) is 0 Å². The van der Waals surface area contributed by atoms with Crippen LogP contribution < -0.4 is 19.7 Å². The van der Waals surface area contributed by atoms with Crippen LogP contribution in [-0.4, -0.2) is 38.1 Å². The minimum Gasteiger partial charge on any atom is -0.486 e. The Balaban J connectivity index is 1.33. The van der Waals surface area contributed by atoms with E-state index in [9.17, 15) is 14.0 Å². The van der Waals surface area contributed by atoms with Crippen molar-refractivity contribution in [2.75, 3.05) is 31.2 Å². The molecular formula is C21H20ClFN2O4. The molecule has 152 valence electrons. The van der Waals surface area contributed by atoms with Gasteiger partial charge in [-0.2, -0.15) is 0 Å². The third-order valence-corrected chi connectivity index (χ3v) is 5.29. The average molecular weight is 419 g/mol. The van der Waals surface area contributed by atoms with Gasteiger partial charge in [0.2, 0.25) is 11.8 Å². The number of carbonyl (C=O) groups excluding carboxylic acids is 2. The highest BCUT2D eigenvalue weighted by atomic mass is 35.5. The number of fused-ring (bicyclic) bond motifs is 1. The molecule has 2 aromatic rings. The molecule has 2 aromatic carbocycles. The number of anilines is 1. The Hall–Kier alpha value is -2.80. The molecule has 4 rings (SSSR count). The summed E-state index contributed by atoms with van der Waals surface area (Å²) in [5.74, 6) is -0.312. The molecule has 0 unspecified atom stereocenters. The predicted octanol–water partition coefficient (Wildman–Crippen LogP) is 2.96. The maximum absolute atomic E-state index is 14.0. The van der Waals surface area contributed by atoms with Crippen molar-refractivity contribution in [2.45, 2.75) is 12.8 Å². The van der Waals surface area contributed by atoms with Crippen LogP contribution in [0.1, 0.15) is 12.0 Å². The van der Waals surface area contributed by atoms with E-state index in [1.54, 1.807) is 24.3 Å². The molecule has 1 fully saturated rings. The van der Waals surface area contributed by atoms with Crippen LogP contribution in [0.2, 0.25) is 5.02 Å². The monoisotopic (exact) mass is 418 g/mol. The van der Waals surface area contributed by atoms with Crippen molar-refractivity contribution in [1.29, 1.82) is 0 Å². The lowest BCUT2D eigenvalue weighted by atomic mass is 10.1. The molecule has 2 aliphatic heterocycles. The number of amides is 2. The van der Waals surface area contributed by atoms with Crippen LogP contribution in [-0.2, 0) is 16.0 Å². The van der Waals surface area contributed by atoms with Crippen LogP contribution in [0.15, 0.2) is 36.4 Å². The summed E-state index contributed by atoms with van der Waals surface area (Å²) in [7, 11) is 0. The van der Waals surface area contributed by atoms with E-state index in [0.717, 1.165) is 5.56 Å². The van der Waals surface area contributed by atoms with E-state index in [1.165, 1.54) is 11.0 Å². The van der Waals surface area contributed by atoms with Gasteiger partial charge in [0.15, 0.2) is 11.5 Å². The maximum atomic E-state index is 14.0. The molecular weight excluding hydrogens is 399 g/mol. The quantitative estimate of drug-likeness (QED) is 0.810. The van der Waals surface area contributed by atoms with E-state index in [-0.39, 0.29) is 30.5 Å². The Morgan fingerprint density at radius 2 is 2.03 bits per heavy atom. The molecule has 1 saturated heterocycles. The van der Waals surface area contributed by atoms with E-state index in [0.29, 0.717) is 42.7 Å². The number of hydrogen-bond donors (Lipinski definition) is 1. The van der Waals surface area contributed by atoms with Gasteiger partial charge in [0.05, 0.1) is 16.6 Å². The standard InChI is InChI=1S/C21H20ClFN2O4/c22-15-9-13(10-18-20(15)29-8-7-28-18)5-6-24-21(27)14-11-19(26)25(12-14)17-4-2-1-3-16(17)23/h1-4,9-10,14H,5-8,11-12H2,(H,24,27)/t14-/m1/s1. The first kappa shape index (κ1) is 19.5. The third-order valence-electron chi connectivity index (χ3n) is 5.01. The molecule has 2 heterocycles. The van der Waals surface area contributed by atoms with Crippen molar-refractivity contribution in [3.05, 3.63) is 52.8 Å². The number of halogens is 2. The fraction of sp³-hybridized carbons (Fsp3) is 0.333. The first-order valence-corrected chi connectivity index (χ1v) is 9.81. The molecule has 2 aliphatic rings. The Morgan fingerprint density at radius 3 is 2.86 bits per heavy atom. The summed E-state index contributed by atoms with van der Waals surface area (Å²) < 4.78 is 25.0. The highest BCUT2D eigenvalue weighted by Crippen LogP contribution is 2.38. The second kappa shape index (κ2) is 8.29. The summed E-state index contributed by atoms with van der Waals surface area (Å²) in [6.45, 7) is 1.49. The normalized spacial score (nSPS) is 18.1. The largest absolute Gasteiger partial charge is 0.486 e. The lowest BCUT2D eigenvalue weighted by Gasteiger charge is -2.20. The number of ether oxygens (including phenoxy) is 2. The van der Waals surface area contributed by atoms with Crippen LogP contribution in [0.4, 0.5) is 10.1 Å². The lowest BCUT2D eigenvalue weighted by Crippen LogP contribution is -2.34. The van der Waals surface area contributed by atoms with Gasteiger partial charge in [0.1, 0.15) is 19.0 Å². The number of para-hydroxylation sites is 1.